The van der Waals surface area contributed by atoms with Crippen LogP contribution in [0.15, 0.2) is 87.5 Å². The Bertz CT molecular complexity index is 1550. The van der Waals surface area contributed by atoms with Crippen LogP contribution in [0.25, 0.3) is 0 Å². The lowest BCUT2D eigenvalue weighted by Gasteiger charge is -2.11. The zero-order chi connectivity index (χ0) is 26.9. The van der Waals surface area contributed by atoms with E-state index in [1.165, 1.54) is 11.7 Å². The number of nitrogens with one attached hydrogen (secondary N) is 1. The summed E-state index contributed by atoms with van der Waals surface area (Å²) in [5.41, 5.74) is 1.59. The Morgan fingerprint density at radius 3 is 2.42 bits per heavy atom. The molecule has 0 spiro atoms. The van der Waals surface area contributed by atoms with E-state index in [1.807, 2.05) is 37.3 Å². The molecule has 0 bridgehead atoms. The lowest BCUT2D eigenvalue weighted by molar-refractivity contribution is -0.140. The first-order valence-electron chi connectivity index (χ1n) is 12.2. The maximum atomic E-state index is 13.4. The summed E-state index contributed by atoms with van der Waals surface area (Å²) < 4.78 is 12.9. The van der Waals surface area contributed by atoms with Crippen LogP contribution in [-0.4, -0.2) is 32.2 Å². The maximum Gasteiger partial charge on any atom is 0.335 e. The third-order valence-electron chi connectivity index (χ3n) is 5.81. The van der Waals surface area contributed by atoms with E-state index in [4.69, 9.17) is 4.74 Å². The Balaban J connectivity index is 1.66. The fraction of sp³-hybridized carbons (Fsp3) is 0.250. The number of pyridine rings is 1. The lowest BCUT2D eigenvalue weighted by atomic mass is 10.1. The number of nitrogens with zero attached hydrogens (tertiary/aromatic N) is 4. The number of aromatic nitrogens is 4. The van der Waals surface area contributed by atoms with Crippen LogP contribution in [0.3, 0.4) is 0 Å². The first kappa shape index (κ1) is 26.3. The predicted octanol–water partition coefficient (Wildman–Crippen LogP) is 3.46. The number of carbonyl (C=O) groups excluding carboxylic acids is 1. The molecule has 4 aromatic rings. The molecule has 0 amide bonds. The van der Waals surface area contributed by atoms with Crippen molar-refractivity contribution in [1.82, 2.24) is 19.1 Å². The predicted molar refractivity (Wildman–Crippen MR) is 141 cm³/mol. The lowest BCUT2D eigenvalue weighted by Crippen LogP contribution is -2.50. The van der Waals surface area contributed by atoms with Gasteiger partial charge in [0, 0.05) is 25.2 Å². The normalized spacial score (nSPS) is 11.4. The topological polar surface area (TPSA) is 121 Å². The van der Waals surface area contributed by atoms with Gasteiger partial charge in [-0.3, -0.25) is 14.3 Å². The molecule has 0 unspecified atom stereocenters. The van der Waals surface area contributed by atoms with E-state index in [9.17, 15) is 14.4 Å². The second-order valence-corrected chi connectivity index (χ2v) is 8.67. The Kier molecular flexibility index (Phi) is 8.65. The maximum absolute atomic E-state index is 13.4. The molecule has 0 fully saturated rings. The Labute approximate surface area is 218 Å². The molecule has 1 N–H and O–H groups in total. The summed E-state index contributed by atoms with van der Waals surface area (Å²) in [5.74, 6) is 0.713. The molecule has 2 heterocycles. The molecular weight excluding hydrogens is 486 g/mol. The second kappa shape index (κ2) is 12.5. The second-order valence-electron chi connectivity index (χ2n) is 8.67. The van der Waals surface area contributed by atoms with Crippen LogP contribution < -0.4 is 21.7 Å². The van der Waals surface area contributed by atoms with Crippen LogP contribution in [0.5, 0.6) is 11.6 Å². The third kappa shape index (κ3) is 6.94. The van der Waals surface area contributed by atoms with Gasteiger partial charge >= 0.3 is 17.3 Å². The highest BCUT2D eigenvalue weighted by molar-refractivity contribution is 5.68. The number of methoxy groups -OCH3 is 1. The molecule has 10 heteroatoms. The summed E-state index contributed by atoms with van der Waals surface area (Å²) in [6.45, 7) is 2.37. The number of aromatic amines is 1. The molecule has 0 saturated carbocycles. The Morgan fingerprint density at radius 1 is 0.974 bits per heavy atom. The number of H-pyrrole nitrogens is 1. The monoisotopic (exact) mass is 515 g/mol. The molecular formula is C28H29N5O5. The Hall–Kier alpha value is -4.73. The van der Waals surface area contributed by atoms with Gasteiger partial charge in [0.2, 0.25) is 11.5 Å². The molecule has 196 valence electrons. The highest BCUT2D eigenvalue weighted by Crippen LogP contribution is 2.22. The first-order chi connectivity index (χ1) is 18.4. The number of esters is 1. The van der Waals surface area contributed by atoms with E-state index in [0.29, 0.717) is 30.2 Å². The average Bonchev–Trinajstić information content (AvgIpc) is 2.93. The zero-order valence-corrected chi connectivity index (χ0v) is 21.3. The third-order valence-corrected chi connectivity index (χ3v) is 5.81. The van der Waals surface area contributed by atoms with Crippen molar-refractivity contribution in [1.29, 1.82) is 0 Å². The summed E-state index contributed by atoms with van der Waals surface area (Å²) in [5, 5.41) is 0. The van der Waals surface area contributed by atoms with Crippen LogP contribution in [0.2, 0.25) is 0 Å². The summed E-state index contributed by atoms with van der Waals surface area (Å²) >= 11 is 0. The minimum Gasteiger partial charge on any atom is -0.469 e. The van der Waals surface area contributed by atoms with Gasteiger partial charge in [0.05, 0.1) is 19.3 Å². The fourth-order valence-corrected chi connectivity index (χ4v) is 3.74. The van der Waals surface area contributed by atoms with Crippen LogP contribution in [0, 0.1) is 6.92 Å². The van der Waals surface area contributed by atoms with Crippen LogP contribution in [-0.2, 0) is 22.6 Å². The summed E-state index contributed by atoms with van der Waals surface area (Å²) in [7, 11) is 1.33. The van der Waals surface area contributed by atoms with Crippen molar-refractivity contribution in [3.8, 4) is 11.6 Å². The molecule has 0 aliphatic carbocycles. The molecule has 0 aliphatic rings. The molecule has 0 saturated heterocycles. The van der Waals surface area contributed by atoms with E-state index < -0.39 is 11.4 Å². The van der Waals surface area contributed by atoms with Gasteiger partial charge in [-0.2, -0.15) is 0 Å². The summed E-state index contributed by atoms with van der Waals surface area (Å²) in [6, 6.07) is 20.1. The minimum absolute atomic E-state index is 0.129. The van der Waals surface area contributed by atoms with Crippen molar-refractivity contribution in [3.63, 3.8) is 0 Å². The van der Waals surface area contributed by atoms with Gasteiger partial charge in [-0.1, -0.05) is 35.9 Å². The summed E-state index contributed by atoms with van der Waals surface area (Å²) in [6.07, 6.45) is 2.83. The minimum atomic E-state index is -0.568. The molecule has 2 aromatic heterocycles. The van der Waals surface area contributed by atoms with Gasteiger partial charge in [0.25, 0.3) is 0 Å². The molecule has 38 heavy (non-hydrogen) atoms. The molecule has 0 atom stereocenters. The van der Waals surface area contributed by atoms with Gasteiger partial charge in [0.15, 0.2) is 0 Å². The van der Waals surface area contributed by atoms with Crippen molar-refractivity contribution in [2.75, 3.05) is 7.11 Å². The van der Waals surface area contributed by atoms with Crippen LogP contribution in [0.4, 0.5) is 5.69 Å². The van der Waals surface area contributed by atoms with Crippen molar-refractivity contribution in [3.05, 3.63) is 111 Å². The van der Waals surface area contributed by atoms with Crippen molar-refractivity contribution in [2.24, 2.45) is 4.99 Å². The van der Waals surface area contributed by atoms with E-state index in [1.54, 1.807) is 42.6 Å². The standard InChI is InChI=1S/C28H29N5O5/c1-20-9-11-21(12-10-20)19-33-26(31-27(35)32(28(33)36)18-6-4-8-25(34)37-2)30-22-13-15-23(16-14-22)38-24-7-3-5-17-29-24/h3,5,7,9-17H,4,6,8,18-19H2,1-2H3,(H,30,31,35). The number of carbonyl (C=O) groups is 1. The van der Waals surface area contributed by atoms with Crippen molar-refractivity contribution in [2.45, 2.75) is 39.3 Å². The number of unbranched alkanes of at least 4 members (excludes halogenated alkanes) is 1. The van der Waals surface area contributed by atoms with E-state index in [2.05, 4.69) is 19.7 Å². The quantitative estimate of drug-likeness (QED) is 0.255. The van der Waals surface area contributed by atoms with Crippen LogP contribution in [0.1, 0.15) is 30.4 Å². The number of hydrogen-bond donors (Lipinski definition) is 1. The number of aryl methyl sites for hydroxylation is 1. The number of hydrogen-bond acceptors (Lipinski definition) is 7. The molecule has 4 rings (SSSR count). The van der Waals surface area contributed by atoms with E-state index in [-0.39, 0.29) is 31.1 Å². The molecule has 2 aromatic carbocycles. The Morgan fingerprint density at radius 2 is 1.74 bits per heavy atom. The van der Waals surface area contributed by atoms with Gasteiger partial charge in [-0.15, -0.1) is 0 Å². The molecule has 0 radical (unpaired) electrons. The van der Waals surface area contributed by atoms with Gasteiger partial charge in [-0.25, -0.2) is 24.1 Å². The molecule has 0 aliphatic heterocycles. The number of rotatable bonds is 10. The highest BCUT2D eigenvalue weighted by atomic mass is 16.5. The van der Waals surface area contributed by atoms with Crippen molar-refractivity contribution < 1.29 is 14.3 Å². The van der Waals surface area contributed by atoms with Crippen LogP contribution >= 0.6 is 0 Å². The average molecular weight is 516 g/mol. The highest BCUT2D eigenvalue weighted by Gasteiger charge is 2.11. The largest absolute Gasteiger partial charge is 0.469 e. The molecule has 10 nitrogen and oxygen atoms in total. The number of benzene rings is 2. The summed E-state index contributed by atoms with van der Waals surface area (Å²) in [4.78, 5) is 49.1. The fourth-order valence-electron chi connectivity index (χ4n) is 3.74. The van der Waals surface area contributed by atoms with Crippen molar-refractivity contribution >= 4 is 11.7 Å². The van der Waals surface area contributed by atoms with Gasteiger partial charge in [0.1, 0.15) is 5.75 Å². The number of ether oxygens (including phenoxy) is 2. The van der Waals surface area contributed by atoms with E-state index in [0.717, 1.165) is 15.7 Å². The van der Waals surface area contributed by atoms with Gasteiger partial charge < -0.3 is 9.47 Å². The van der Waals surface area contributed by atoms with E-state index >= 15 is 0 Å². The first-order valence-corrected chi connectivity index (χ1v) is 12.2. The zero-order valence-electron chi connectivity index (χ0n) is 21.3. The SMILES string of the molecule is COC(=O)CCCCn1c(=O)[nH]/c(=N\c2ccc(Oc3ccccn3)cc2)n(Cc2ccc(C)cc2)c1=O. The smallest absolute Gasteiger partial charge is 0.335 e. The van der Waals surface area contributed by atoms with Gasteiger partial charge in [-0.05, 0) is 55.7 Å².